The third kappa shape index (κ3) is 9.92. The second-order valence-corrected chi connectivity index (χ2v) is 11.3. The Kier molecular flexibility index (Phi) is 11.2. The van der Waals surface area contributed by atoms with Gasteiger partial charge in [0.1, 0.15) is 6.54 Å². The molecular formula is C30H39N5O3S. The van der Waals surface area contributed by atoms with E-state index in [4.69, 9.17) is 0 Å². The van der Waals surface area contributed by atoms with Gasteiger partial charge in [-0.15, -0.1) is 11.3 Å². The van der Waals surface area contributed by atoms with Crippen molar-refractivity contribution in [1.29, 1.82) is 0 Å². The summed E-state index contributed by atoms with van der Waals surface area (Å²) in [5.41, 5.74) is 3.30. The molecule has 0 bridgehead atoms. The van der Waals surface area contributed by atoms with Crippen LogP contribution in [0.2, 0.25) is 0 Å². The summed E-state index contributed by atoms with van der Waals surface area (Å²) in [6.45, 7) is 8.26. The molecule has 0 radical (unpaired) electrons. The molecule has 39 heavy (non-hydrogen) atoms. The minimum atomic E-state index is -0.319. The molecule has 3 rings (SSSR count). The zero-order valence-electron chi connectivity index (χ0n) is 23.5. The van der Waals surface area contributed by atoms with Gasteiger partial charge in [-0.05, 0) is 44.6 Å². The number of carbonyl (C=O) groups is 3. The van der Waals surface area contributed by atoms with Gasteiger partial charge in [0.25, 0.3) is 5.91 Å². The van der Waals surface area contributed by atoms with E-state index < -0.39 is 0 Å². The molecule has 8 nitrogen and oxygen atoms in total. The summed E-state index contributed by atoms with van der Waals surface area (Å²) in [6.07, 6.45) is 0.151. The molecule has 0 unspecified atom stereocenters. The van der Waals surface area contributed by atoms with Crippen LogP contribution in [0.4, 0.5) is 5.13 Å². The van der Waals surface area contributed by atoms with Crippen molar-refractivity contribution < 1.29 is 14.4 Å². The van der Waals surface area contributed by atoms with E-state index in [-0.39, 0.29) is 36.6 Å². The van der Waals surface area contributed by atoms with Crippen LogP contribution in [0.3, 0.4) is 0 Å². The largest absolute Gasteiger partial charge is 0.337 e. The zero-order valence-corrected chi connectivity index (χ0v) is 24.3. The molecule has 208 valence electrons. The first-order valence-electron chi connectivity index (χ1n) is 13.2. The number of amides is 3. The maximum atomic E-state index is 13.2. The van der Waals surface area contributed by atoms with E-state index in [1.807, 2.05) is 87.1 Å². The standard InChI is InChI=1S/C30H39N5O3S/c1-22(2)18-35(29(38)25-13-11-23(3)12-14-25)20-27(36)32-30-31-26(21-39-30)17-28(37)34(16-15-33(4)5)19-24-9-7-6-8-10-24/h6-14,21-22H,15-20H2,1-5H3,(H,31,32,36). The smallest absolute Gasteiger partial charge is 0.254 e. The fourth-order valence-corrected chi connectivity index (χ4v) is 4.73. The normalized spacial score (nSPS) is 11.1. The average Bonchev–Trinajstić information content (AvgIpc) is 3.32. The Balaban J connectivity index is 1.61. The predicted molar refractivity (Wildman–Crippen MR) is 157 cm³/mol. The summed E-state index contributed by atoms with van der Waals surface area (Å²) in [6, 6.07) is 17.3. The van der Waals surface area contributed by atoms with E-state index in [1.54, 1.807) is 22.4 Å². The molecule has 0 saturated heterocycles. The lowest BCUT2D eigenvalue weighted by Gasteiger charge is -2.24. The molecule has 1 heterocycles. The Morgan fingerprint density at radius 1 is 0.949 bits per heavy atom. The van der Waals surface area contributed by atoms with Crippen LogP contribution in [0.15, 0.2) is 60.0 Å². The Morgan fingerprint density at radius 3 is 2.28 bits per heavy atom. The molecule has 0 aliphatic carbocycles. The van der Waals surface area contributed by atoms with Gasteiger partial charge in [-0.2, -0.15) is 0 Å². The average molecular weight is 550 g/mol. The van der Waals surface area contributed by atoms with Crippen molar-refractivity contribution in [3.63, 3.8) is 0 Å². The van der Waals surface area contributed by atoms with Gasteiger partial charge < -0.3 is 20.0 Å². The first-order chi connectivity index (χ1) is 18.6. The highest BCUT2D eigenvalue weighted by molar-refractivity contribution is 7.13. The van der Waals surface area contributed by atoms with Crippen molar-refractivity contribution in [2.24, 2.45) is 5.92 Å². The van der Waals surface area contributed by atoms with E-state index in [0.29, 0.717) is 36.0 Å². The van der Waals surface area contributed by atoms with Crippen molar-refractivity contribution in [3.05, 3.63) is 82.4 Å². The summed E-state index contributed by atoms with van der Waals surface area (Å²) < 4.78 is 0. The fourth-order valence-electron chi connectivity index (χ4n) is 4.00. The third-order valence-corrected chi connectivity index (χ3v) is 6.83. The van der Waals surface area contributed by atoms with Crippen molar-refractivity contribution in [3.8, 4) is 0 Å². The van der Waals surface area contributed by atoms with Crippen LogP contribution in [0.25, 0.3) is 0 Å². The van der Waals surface area contributed by atoms with Gasteiger partial charge in [0.15, 0.2) is 5.13 Å². The summed E-state index contributed by atoms with van der Waals surface area (Å²) >= 11 is 1.28. The molecule has 1 aromatic heterocycles. The number of hydrogen-bond donors (Lipinski definition) is 1. The number of hydrogen-bond acceptors (Lipinski definition) is 6. The minimum absolute atomic E-state index is 0.0179. The van der Waals surface area contributed by atoms with Crippen LogP contribution < -0.4 is 5.32 Å². The van der Waals surface area contributed by atoms with Gasteiger partial charge >= 0.3 is 0 Å². The molecule has 0 fully saturated rings. The lowest BCUT2D eigenvalue weighted by molar-refractivity contribution is -0.131. The van der Waals surface area contributed by atoms with Crippen LogP contribution >= 0.6 is 11.3 Å². The first kappa shape index (κ1) is 30.0. The molecule has 2 aromatic carbocycles. The van der Waals surface area contributed by atoms with E-state index in [2.05, 4.69) is 10.3 Å². The molecule has 3 amide bonds. The number of aryl methyl sites for hydroxylation is 1. The number of rotatable bonds is 13. The van der Waals surface area contributed by atoms with Crippen molar-refractivity contribution in [2.75, 3.05) is 45.6 Å². The Morgan fingerprint density at radius 2 is 1.64 bits per heavy atom. The van der Waals surface area contributed by atoms with Gasteiger partial charge in [0, 0.05) is 37.1 Å². The highest BCUT2D eigenvalue weighted by Gasteiger charge is 2.21. The van der Waals surface area contributed by atoms with E-state index >= 15 is 0 Å². The van der Waals surface area contributed by atoms with Gasteiger partial charge in [0.2, 0.25) is 11.8 Å². The highest BCUT2D eigenvalue weighted by atomic mass is 32.1. The number of aromatic nitrogens is 1. The van der Waals surface area contributed by atoms with Crippen LogP contribution in [0, 0.1) is 12.8 Å². The summed E-state index contributed by atoms with van der Waals surface area (Å²) in [5, 5.41) is 5.02. The molecule has 0 spiro atoms. The Hall–Kier alpha value is -3.56. The van der Waals surface area contributed by atoms with Crippen LogP contribution in [0.5, 0.6) is 0 Å². The second-order valence-electron chi connectivity index (χ2n) is 10.4. The Labute approximate surface area is 235 Å². The lowest BCUT2D eigenvalue weighted by atomic mass is 10.1. The van der Waals surface area contributed by atoms with Gasteiger partial charge in [0.05, 0.1) is 12.1 Å². The summed E-state index contributed by atoms with van der Waals surface area (Å²) in [7, 11) is 3.97. The molecule has 0 atom stereocenters. The molecular weight excluding hydrogens is 510 g/mol. The molecule has 0 saturated carbocycles. The van der Waals surface area contributed by atoms with Crippen molar-refractivity contribution in [1.82, 2.24) is 19.7 Å². The Bertz CT molecular complexity index is 1220. The van der Waals surface area contributed by atoms with Gasteiger partial charge in [-0.1, -0.05) is 61.9 Å². The fraction of sp³-hybridized carbons (Fsp3) is 0.400. The van der Waals surface area contributed by atoms with Crippen LogP contribution in [0.1, 0.15) is 41.0 Å². The number of nitrogens with zero attached hydrogens (tertiary/aromatic N) is 4. The highest BCUT2D eigenvalue weighted by Crippen LogP contribution is 2.18. The molecule has 9 heteroatoms. The predicted octanol–water partition coefficient (Wildman–Crippen LogP) is 4.32. The maximum absolute atomic E-state index is 13.2. The van der Waals surface area contributed by atoms with Crippen molar-refractivity contribution >= 4 is 34.2 Å². The number of carbonyl (C=O) groups excluding carboxylic acids is 3. The van der Waals surface area contributed by atoms with Crippen LogP contribution in [-0.4, -0.2) is 77.7 Å². The van der Waals surface area contributed by atoms with E-state index in [9.17, 15) is 14.4 Å². The topological polar surface area (TPSA) is 85.8 Å². The number of thiazole rings is 1. The minimum Gasteiger partial charge on any atom is -0.337 e. The van der Waals surface area contributed by atoms with Crippen LogP contribution in [-0.2, 0) is 22.6 Å². The summed E-state index contributed by atoms with van der Waals surface area (Å²) in [5.74, 6) is -0.313. The van der Waals surface area contributed by atoms with Gasteiger partial charge in [-0.25, -0.2) is 4.98 Å². The number of nitrogens with one attached hydrogen (secondary N) is 1. The number of anilines is 1. The molecule has 0 aliphatic heterocycles. The third-order valence-electron chi connectivity index (χ3n) is 6.02. The monoisotopic (exact) mass is 549 g/mol. The molecule has 0 aliphatic rings. The quantitative estimate of drug-likeness (QED) is 0.343. The lowest BCUT2D eigenvalue weighted by Crippen LogP contribution is -2.40. The van der Waals surface area contributed by atoms with E-state index in [0.717, 1.165) is 17.7 Å². The number of benzene rings is 2. The number of likely N-dealkylation sites (N-methyl/N-ethyl adjacent to an activating group) is 1. The molecule has 1 N–H and O–H groups in total. The molecule has 3 aromatic rings. The zero-order chi connectivity index (χ0) is 28.4. The summed E-state index contributed by atoms with van der Waals surface area (Å²) in [4.78, 5) is 49.1. The van der Waals surface area contributed by atoms with E-state index in [1.165, 1.54) is 11.3 Å². The second kappa shape index (κ2) is 14.6. The maximum Gasteiger partial charge on any atom is 0.254 e. The first-order valence-corrected chi connectivity index (χ1v) is 14.0. The van der Waals surface area contributed by atoms with Crippen molar-refractivity contribution in [2.45, 2.75) is 33.7 Å². The SMILES string of the molecule is Cc1ccc(C(=O)N(CC(=O)Nc2nc(CC(=O)N(CCN(C)C)Cc3ccccc3)cs2)CC(C)C)cc1. The van der Waals surface area contributed by atoms with Gasteiger partial charge in [-0.3, -0.25) is 14.4 Å².